The first-order chi connectivity index (χ1) is 12.6. The van der Waals surface area contributed by atoms with Gasteiger partial charge in [0.25, 0.3) is 5.91 Å². The number of carbonyl (C=O) groups excluding carboxylic acids is 2. The van der Waals surface area contributed by atoms with Crippen molar-refractivity contribution < 1.29 is 22.7 Å². The van der Waals surface area contributed by atoms with Gasteiger partial charge in [-0.2, -0.15) is 4.31 Å². The van der Waals surface area contributed by atoms with Crippen molar-refractivity contribution in [2.45, 2.75) is 38.5 Å². The molecule has 1 amide bonds. The molecule has 8 heteroatoms. The summed E-state index contributed by atoms with van der Waals surface area (Å²) in [5.41, 5.74) is 1.08. The summed E-state index contributed by atoms with van der Waals surface area (Å²) in [6.45, 7) is 8.20. The van der Waals surface area contributed by atoms with Gasteiger partial charge >= 0.3 is 5.97 Å². The lowest BCUT2D eigenvalue weighted by molar-refractivity contribution is -0.155. The Labute approximate surface area is 161 Å². The Balaban J connectivity index is 1.94. The molecule has 0 aliphatic carbocycles. The predicted octanol–water partition coefficient (Wildman–Crippen LogP) is 1.84. The van der Waals surface area contributed by atoms with Crippen LogP contribution in [-0.2, 0) is 24.3 Å². The van der Waals surface area contributed by atoms with Crippen molar-refractivity contribution in [2.75, 3.05) is 32.8 Å². The lowest BCUT2D eigenvalue weighted by Crippen LogP contribution is -2.51. The molecule has 1 heterocycles. The third-order valence-electron chi connectivity index (χ3n) is 4.59. The number of piperazine rings is 1. The van der Waals surface area contributed by atoms with Crippen LogP contribution in [0, 0.1) is 5.92 Å². The lowest BCUT2D eigenvalue weighted by atomic mass is 10.0. The first-order valence-electron chi connectivity index (χ1n) is 9.17. The molecule has 1 aromatic carbocycles. The number of sulfonamides is 1. The van der Waals surface area contributed by atoms with Gasteiger partial charge in [-0.1, -0.05) is 39.8 Å². The van der Waals surface area contributed by atoms with Crippen LogP contribution in [0.4, 0.5) is 0 Å². The summed E-state index contributed by atoms with van der Waals surface area (Å²) in [4.78, 5) is 25.4. The zero-order chi connectivity index (χ0) is 20.2. The van der Waals surface area contributed by atoms with E-state index in [1.54, 1.807) is 26.0 Å². The predicted molar refractivity (Wildman–Crippen MR) is 102 cm³/mol. The van der Waals surface area contributed by atoms with Gasteiger partial charge in [0.2, 0.25) is 10.0 Å². The summed E-state index contributed by atoms with van der Waals surface area (Å²) in [6.07, 6.45) is 0. The van der Waals surface area contributed by atoms with Gasteiger partial charge in [-0.25, -0.2) is 8.42 Å². The van der Waals surface area contributed by atoms with E-state index >= 15 is 0 Å². The zero-order valence-electron chi connectivity index (χ0n) is 16.3. The molecule has 0 unspecified atom stereocenters. The van der Waals surface area contributed by atoms with Gasteiger partial charge in [-0.15, -0.1) is 0 Å². The molecule has 0 radical (unpaired) electrons. The second kappa shape index (κ2) is 8.84. The third kappa shape index (κ3) is 5.29. The number of esters is 1. The molecule has 1 aromatic rings. The average Bonchev–Trinajstić information content (AvgIpc) is 2.65. The van der Waals surface area contributed by atoms with E-state index in [0.29, 0.717) is 5.92 Å². The number of carbonyl (C=O) groups is 2. The second-order valence-corrected chi connectivity index (χ2v) is 9.21. The SMILES string of the molecule is CC(C)C(=O)OCC(=O)N1CCN(S(=O)(=O)c2ccc(C(C)C)cc2)CC1. The zero-order valence-corrected chi connectivity index (χ0v) is 17.2. The standard InChI is InChI=1S/C19H28N2O5S/c1-14(2)16-5-7-17(8-6-16)27(24,25)21-11-9-20(10-12-21)18(22)13-26-19(23)15(3)4/h5-8,14-15H,9-13H2,1-4H3. The summed E-state index contributed by atoms with van der Waals surface area (Å²) in [5.74, 6) is -0.681. The number of ether oxygens (including phenoxy) is 1. The van der Waals surface area contributed by atoms with Crippen molar-refractivity contribution >= 4 is 21.9 Å². The fraction of sp³-hybridized carbons (Fsp3) is 0.579. The molecule has 1 saturated heterocycles. The molecule has 27 heavy (non-hydrogen) atoms. The molecule has 0 aromatic heterocycles. The van der Waals surface area contributed by atoms with Crippen LogP contribution in [0.1, 0.15) is 39.2 Å². The van der Waals surface area contributed by atoms with Crippen molar-refractivity contribution in [1.29, 1.82) is 0 Å². The molecule has 0 bridgehead atoms. The molecule has 0 spiro atoms. The highest BCUT2D eigenvalue weighted by Gasteiger charge is 2.30. The topological polar surface area (TPSA) is 84.0 Å². The minimum absolute atomic E-state index is 0.220. The van der Waals surface area contributed by atoms with Crippen LogP contribution in [0.25, 0.3) is 0 Å². The highest BCUT2D eigenvalue weighted by molar-refractivity contribution is 7.89. The van der Waals surface area contributed by atoms with Crippen LogP contribution in [0.5, 0.6) is 0 Å². The van der Waals surface area contributed by atoms with E-state index < -0.39 is 16.0 Å². The molecule has 0 saturated carbocycles. The molecular weight excluding hydrogens is 368 g/mol. The first kappa shape index (κ1) is 21.4. The van der Waals surface area contributed by atoms with Gasteiger partial charge in [-0.3, -0.25) is 9.59 Å². The number of amides is 1. The number of hydrogen-bond donors (Lipinski definition) is 0. The van der Waals surface area contributed by atoms with Gasteiger partial charge in [0.15, 0.2) is 6.61 Å². The quantitative estimate of drug-likeness (QED) is 0.685. The maximum Gasteiger partial charge on any atom is 0.308 e. The Kier molecular flexibility index (Phi) is 7.00. The number of hydrogen-bond acceptors (Lipinski definition) is 5. The molecular formula is C19H28N2O5S. The molecule has 1 fully saturated rings. The summed E-state index contributed by atoms with van der Waals surface area (Å²) < 4.78 is 31.9. The molecule has 0 N–H and O–H groups in total. The molecule has 2 rings (SSSR count). The van der Waals surface area contributed by atoms with Crippen molar-refractivity contribution in [3.8, 4) is 0 Å². The van der Waals surface area contributed by atoms with E-state index in [1.807, 2.05) is 12.1 Å². The molecule has 1 aliphatic rings. The van der Waals surface area contributed by atoms with Crippen LogP contribution in [-0.4, -0.2) is 62.3 Å². The minimum atomic E-state index is -3.58. The monoisotopic (exact) mass is 396 g/mol. The second-order valence-electron chi connectivity index (χ2n) is 7.27. The van der Waals surface area contributed by atoms with Crippen LogP contribution in [0.3, 0.4) is 0 Å². The third-order valence-corrected chi connectivity index (χ3v) is 6.50. The fourth-order valence-corrected chi connectivity index (χ4v) is 4.16. The van der Waals surface area contributed by atoms with Gasteiger partial charge in [0, 0.05) is 26.2 Å². The van der Waals surface area contributed by atoms with E-state index in [0.717, 1.165) is 5.56 Å². The van der Waals surface area contributed by atoms with Crippen molar-refractivity contribution in [3.63, 3.8) is 0 Å². The number of benzene rings is 1. The summed E-state index contributed by atoms with van der Waals surface area (Å²) in [5, 5.41) is 0. The Morgan fingerprint density at radius 1 is 1.00 bits per heavy atom. The minimum Gasteiger partial charge on any atom is -0.455 e. The van der Waals surface area contributed by atoms with Crippen LogP contribution in [0.2, 0.25) is 0 Å². The van der Waals surface area contributed by atoms with Gasteiger partial charge in [0.1, 0.15) is 0 Å². The number of nitrogens with zero attached hydrogens (tertiary/aromatic N) is 2. The van der Waals surface area contributed by atoms with E-state index in [4.69, 9.17) is 4.74 Å². The number of rotatable bonds is 6. The maximum absolute atomic E-state index is 12.8. The normalized spacial score (nSPS) is 16.0. The fourth-order valence-electron chi connectivity index (χ4n) is 2.74. The van der Waals surface area contributed by atoms with E-state index in [9.17, 15) is 18.0 Å². The average molecular weight is 397 g/mol. The van der Waals surface area contributed by atoms with Crippen molar-refractivity contribution in [3.05, 3.63) is 29.8 Å². The van der Waals surface area contributed by atoms with Crippen LogP contribution >= 0.6 is 0 Å². The smallest absolute Gasteiger partial charge is 0.308 e. The van der Waals surface area contributed by atoms with Gasteiger partial charge in [0.05, 0.1) is 10.8 Å². The largest absolute Gasteiger partial charge is 0.455 e. The Bertz CT molecular complexity index is 764. The molecule has 1 aliphatic heterocycles. The van der Waals surface area contributed by atoms with Crippen LogP contribution in [0.15, 0.2) is 29.2 Å². The molecule has 150 valence electrons. The molecule has 7 nitrogen and oxygen atoms in total. The summed E-state index contributed by atoms with van der Waals surface area (Å²) in [7, 11) is -3.58. The van der Waals surface area contributed by atoms with Gasteiger partial charge in [-0.05, 0) is 23.6 Å². The van der Waals surface area contributed by atoms with E-state index in [-0.39, 0.29) is 49.5 Å². The van der Waals surface area contributed by atoms with Gasteiger partial charge < -0.3 is 9.64 Å². The molecule has 0 atom stereocenters. The van der Waals surface area contributed by atoms with Crippen molar-refractivity contribution in [1.82, 2.24) is 9.21 Å². The first-order valence-corrected chi connectivity index (χ1v) is 10.6. The maximum atomic E-state index is 12.8. The summed E-state index contributed by atoms with van der Waals surface area (Å²) in [6, 6.07) is 6.93. The summed E-state index contributed by atoms with van der Waals surface area (Å²) >= 11 is 0. The Hall–Kier alpha value is -1.93. The lowest BCUT2D eigenvalue weighted by Gasteiger charge is -2.34. The van der Waals surface area contributed by atoms with Crippen LogP contribution < -0.4 is 0 Å². The highest BCUT2D eigenvalue weighted by Crippen LogP contribution is 2.21. The Morgan fingerprint density at radius 3 is 2.04 bits per heavy atom. The van der Waals surface area contributed by atoms with E-state index in [2.05, 4.69) is 13.8 Å². The Morgan fingerprint density at radius 2 is 1.56 bits per heavy atom. The highest BCUT2D eigenvalue weighted by atomic mass is 32.2. The van der Waals surface area contributed by atoms with Crippen molar-refractivity contribution in [2.24, 2.45) is 5.92 Å². The van der Waals surface area contributed by atoms with E-state index in [1.165, 1.54) is 9.21 Å².